The molecule has 3 heteroatoms. The summed E-state index contributed by atoms with van der Waals surface area (Å²) >= 11 is 0.910. The van der Waals surface area contributed by atoms with E-state index < -0.39 is 0 Å². The normalized spacial score (nSPS) is 11.7. The number of hydrogen-bond donors (Lipinski definition) is 0. The summed E-state index contributed by atoms with van der Waals surface area (Å²) in [4.78, 5) is 12.9. The van der Waals surface area contributed by atoms with Crippen molar-refractivity contribution in [2.45, 2.75) is 156 Å². The summed E-state index contributed by atoms with van der Waals surface area (Å²) in [5.41, 5.74) is -0.191. The maximum atomic E-state index is 12.9. The average Bonchev–Trinajstić information content (AvgIpc) is 2.74. The molecule has 0 saturated heterocycles. The molecule has 0 aromatic carbocycles. The van der Waals surface area contributed by atoms with Gasteiger partial charge in [-0.3, -0.25) is 0 Å². The van der Waals surface area contributed by atoms with Crippen molar-refractivity contribution in [1.82, 2.24) is 0 Å². The SMILES string of the molecule is CCCCCCCCC(CCCCCCCC)(CCCCCCCC)C(=O)[O][Sn]. The van der Waals surface area contributed by atoms with E-state index in [2.05, 4.69) is 20.8 Å². The third kappa shape index (κ3) is 15.7. The zero-order valence-electron chi connectivity index (χ0n) is 20.2. The first kappa shape index (κ1) is 29.3. The molecule has 0 atom stereocenters. The topological polar surface area (TPSA) is 26.3 Å². The molecule has 0 N–H and O–H groups in total. The molecule has 29 heavy (non-hydrogen) atoms. The van der Waals surface area contributed by atoms with Crippen LogP contribution >= 0.6 is 0 Å². The Morgan fingerprint density at radius 3 is 1.10 bits per heavy atom. The second-order valence-corrected chi connectivity index (χ2v) is 9.81. The van der Waals surface area contributed by atoms with E-state index in [4.69, 9.17) is 3.07 Å². The summed E-state index contributed by atoms with van der Waals surface area (Å²) in [6.07, 6.45) is 26.5. The van der Waals surface area contributed by atoms with Crippen LogP contribution < -0.4 is 0 Å². The molecule has 171 valence electrons. The van der Waals surface area contributed by atoms with Crippen LogP contribution in [0.3, 0.4) is 0 Å². The van der Waals surface area contributed by atoms with Gasteiger partial charge in [-0.2, -0.15) is 0 Å². The second kappa shape index (κ2) is 21.5. The predicted octanol–water partition coefficient (Wildman–Crippen LogP) is 8.85. The van der Waals surface area contributed by atoms with Gasteiger partial charge in [0.1, 0.15) is 0 Å². The van der Waals surface area contributed by atoms with E-state index in [9.17, 15) is 4.79 Å². The fourth-order valence-corrected chi connectivity index (χ4v) is 5.14. The first-order valence-electron chi connectivity index (χ1n) is 13.0. The molecule has 0 fully saturated rings. The van der Waals surface area contributed by atoms with Crippen LogP contribution in [-0.2, 0) is 7.87 Å². The summed E-state index contributed by atoms with van der Waals surface area (Å²) in [5.74, 6) is 0.117. The summed E-state index contributed by atoms with van der Waals surface area (Å²) in [7, 11) is 0. The van der Waals surface area contributed by atoms with Gasteiger partial charge in [0.25, 0.3) is 0 Å². The van der Waals surface area contributed by atoms with E-state index in [1.807, 2.05) is 0 Å². The Labute approximate surface area is 197 Å². The van der Waals surface area contributed by atoms with Gasteiger partial charge in [-0.15, -0.1) is 0 Å². The van der Waals surface area contributed by atoms with Gasteiger partial charge in [-0.05, 0) is 0 Å². The van der Waals surface area contributed by atoms with Crippen LogP contribution in [0.15, 0.2) is 0 Å². The minimum absolute atomic E-state index is 0.117. The molecule has 2 nitrogen and oxygen atoms in total. The number of hydrogen-bond acceptors (Lipinski definition) is 2. The van der Waals surface area contributed by atoms with Gasteiger partial charge in [0.05, 0.1) is 0 Å². The first-order chi connectivity index (χ1) is 14.2. The van der Waals surface area contributed by atoms with Crippen molar-refractivity contribution in [3.63, 3.8) is 0 Å². The molecule has 0 amide bonds. The van der Waals surface area contributed by atoms with E-state index >= 15 is 0 Å². The van der Waals surface area contributed by atoms with Crippen molar-refractivity contribution < 1.29 is 7.87 Å². The van der Waals surface area contributed by atoms with Gasteiger partial charge in [-0.1, -0.05) is 0 Å². The van der Waals surface area contributed by atoms with Crippen molar-refractivity contribution >= 4 is 28.9 Å². The molecule has 0 aliphatic heterocycles. The molecule has 0 aromatic rings. The van der Waals surface area contributed by atoms with Crippen LogP contribution in [0.5, 0.6) is 0 Å². The third-order valence-electron chi connectivity index (χ3n) is 6.55. The number of carbonyl (C=O) groups excluding carboxylic acids is 1. The molecule has 0 heterocycles. The van der Waals surface area contributed by atoms with Gasteiger partial charge in [0.15, 0.2) is 0 Å². The standard InChI is InChI=1S/C26H52O2.Sn/c1-4-7-10-13-16-19-22-26(25(27)28,23-20-17-14-11-8-5-2)24-21-18-15-12-9-6-3;/h4-24H2,1-3H3,(H,27,28);/q;+1/p-1. The molecule has 0 spiro atoms. The first-order valence-corrected chi connectivity index (χ1v) is 14.2. The van der Waals surface area contributed by atoms with Crippen LogP contribution in [0.4, 0.5) is 0 Å². The van der Waals surface area contributed by atoms with Crippen LogP contribution in [0, 0.1) is 5.41 Å². The van der Waals surface area contributed by atoms with Crippen LogP contribution in [0.25, 0.3) is 0 Å². The third-order valence-corrected chi connectivity index (χ3v) is 7.08. The Balaban J connectivity index is 4.64. The van der Waals surface area contributed by atoms with Gasteiger partial charge in [0.2, 0.25) is 0 Å². The fraction of sp³-hybridized carbons (Fsp3) is 0.962. The Hall–Kier alpha value is 0.269. The van der Waals surface area contributed by atoms with E-state index in [1.165, 1.54) is 116 Å². The van der Waals surface area contributed by atoms with Crippen LogP contribution in [0.2, 0.25) is 0 Å². The van der Waals surface area contributed by atoms with Crippen molar-refractivity contribution in [3.05, 3.63) is 0 Å². The zero-order valence-corrected chi connectivity index (χ0v) is 23.0. The molecular weight excluding hydrogens is 463 g/mol. The Morgan fingerprint density at radius 2 is 0.828 bits per heavy atom. The second-order valence-electron chi connectivity index (χ2n) is 9.22. The monoisotopic (exact) mass is 515 g/mol. The summed E-state index contributed by atoms with van der Waals surface area (Å²) in [6.45, 7) is 6.81. The van der Waals surface area contributed by atoms with E-state index in [0.29, 0.717) is 0 Å². The summed E-state index contributed by atoms with van der Waals surface area (Å²) in [6, 6.07) is 0. The molecule has 0 aliphatic rings. The van der Waals surface area contributed by atoms with Crippen LogP contribution in [0.1, 0.15) is 156 Å². The van der Waals surface area contributed by atoms with Crippen molar-refractivity contribution in [2.75, 3.05) is 0 Å². The van der Waals surface area contributed by atoms with Crippen molar-refractivity contribution in [3.8, 4) is 0 Å². The zero-order chi connectivity index (χ0) is 21.6. The average molecular weight is 514 g/mol. The quantitative estimate of drug-likeness (QED) is 0.107. The molecule has 0 bridgehead atoms. The van der Waals surface area contributed by atoms with Crippen molar-refractivity contribution in [2.24, 2.45) is 5.41 Å². The molecule has 0 aliphatic carbocycles. The van der Waals surface area contributed by atoms with Crippen molar-refractivity contribution in [1.29, 1.82) is 0 Å². The minimum atomic E-state index is -0.191. The number of carbonyl (C=O) groups is 1. The Bertz CT molecular complexity index is 316. The Kier molecular flexibility index (Phi) is 21.7. The molecule has 0 aromatic heterocycles. The van der Waals surface area contributed by atoms with Gasteiger partial charge < -0.3 is 0 Å². The van der Waals surface area contributed by atoms with E-state index in [-0.39, 0.29) is 11.4 Å². The fourth-order valence-electron chi connectivity index (χ4n) is 4.52. The van der Waals surface area contributed by atoms with Gasteiger partial charge in [-0.25, -0.2) is 0 Å². The van der Waals surface area contributed by atoms with Gasteiger partial charge >= 0.3 is 198 Å². The number of unbranched alkanes of at least 4 members (excludes halogenated alkanes) is 15. The Morgan fingerprint density at radius 1 is 0.552 bits per heavy atom. The maximum absolute atomic E-state index is 12.9. The van der Waals surface area contributed by atoms with Gasteiger partial charge in [0, 0.05) is 0 Å². The molecule has 3 radical (unpaired) electrons. The van der Waals surface area contributed by atoms with E-state index in [1.54, 1.807) is 0 Å². The molecule has 0 rings (SSSR count). The summed E-state index contributed by atoms with van der Waals surface area (Å²) < 4.78 is 5.45. The van der Waals surface area contributed by atoms with E-state index in [0.717, 1.165) is 42.2 Å². The molecular formula is C26H51O2Sn. The predicted molar refractivity (Wildman–Crippen MR) is 128 cm³/mol. The van der Waals surface area contributed by atoms with Crippen LogP contribution in [-0.4, -0.2) is 28.9 Å². The molecule has 0 saturated carbocycles. The summed E-state index contributed by atoms with van der Waals surface area (Å²) in [5, 5.41) is 0. The molecule has 0 unspecified atom stereocenters. The number of rotatable bonds is 22.